The van der Waals surface area contributed by atoms with Gasteiger partial charge in [0.2, 0.25) is 0 Å². The molecule has 0 bridgehead atoms. The monoisotopic (exact) mass is 1040 g/mol. The number of hydrogen-bond acceptors (Lipinski definition) is 4. The Hall–Kier alpha value is -6.85. The normalized spacial score (nSPS) is 12.3. The Bertz CT molecular complexity index is 3650. The number of aromatic nitrogens is 3. The molecule has 0 saturated carbocycles. The first-order valence-corrected chi connectivity index (χ1v) is 22.3. The van der Waals surface area contributed by atoms with Crippen molar-refractivity contribution in [1.82, 2.24) is 14.5 Å². The van der Waals surface area contributed by atoms with Crippen LogP contribution in [0.4, 0.5) is 0 Å². The summed E-state index contributed by atoms with van der Waals surface area (Å²) in [5.74, 6) is 2.69. The van der Waals surface area contributed by atoms with Crippen molar-refractivity contribution < 1.29 is 33.1 Å². The van der Waals surface area contributed by atoms with Gasteiger partial charge in [-0.25, -0.2) is 0 Å². The number of nitrogens with zero attached hydrogens (tertiary/aromatic N) is 3. The SMILES string of the molecule is CC(C)c1cccc(C(C)C)c1-n1c(-c2[c-]cccc2)nc2ccccc21.[2H]C([2H])([2H])c1ccc2c(c1)oc1c(-c3cc(-c4ccc(-c5oc6ccccc6c5C)cc4C)c(C)cn3)[c-]ccc12.[Ir]. The molecule has 0 fully saturated rings. The topological polar surface area (TPSA) is 57.0 Å². The molecule has 1 radical (unpaired) electrons. The van der Waals surface area contributed by atoms with Crippen LogP contribution in [0.3, 0.4) is 0 Å². The molecule has 5 nitrogen and oxygen atoms in total. The number of benzene rings is 7. The Labute approximate surface area is 404 Å². The number of para-hydroxylation sites is 4. The van der Waals surface area contributed by atoms with E-state index in [4.69, 9.17) is 22.9 Å². The van der Waals surface area contributed by atoms with Crippen LogP contribution in [-0.4, -0.2) is 14.5 Å². The van der Waals surface area contributed by atoms with Crippen molar-refractivity contribution >= 4 is 43.9 Å². The van der Waals surface area contributed by atoms with E-state index < -0.39 is 6.85 Å². The van der Waals surface area contributed by atoms with Gasteiger partial charge in [0.25, 0.3) is 0 Å². The van der Waals surface area contributed by atoms with E-state index in [1.807, 2.05) is 60.8 Å². The fourth-order valence-corrected chi connectivity index (χ4v) is 9.17. The minimum atomic E-state index is -2.20. The molecule has 0 aliphatic rings. The van der Waals surface area contributed by atoms with Crippen molar-refractivity contribution in [1.29, 1.82) is 0 Å². The predicted molar refractivity (Wildman–Crippen MR) is 269 cm³/mol. The number of hydrogen-bond donors (Lipinski definition) is 0. The van der Waals surface area contributed by atoms with E-state index in [1.165, 1.54) is 16.8 Å². The summed E-state index contributed by atoms with van der Waals surface area (Å²) in [7, 11) is 0. The third-order valence-electron chi connectivity index (χ3n) is 12.5. The van der Waals surface area contributed by atoms with Crippen LogP contribution in [0.2, 0.25) is 0 Å². The molecule has 4 heterocycles. The van der Waals surface area contributed by atoms with E-state index in [0.29, 0.717) is 23.0 Å². The molecular weight excluding hydrogens is 987 g/mol. The number of furan rings is 2. The van der Waals surface area contributed by atoms with Gasteiger partial charge in [-0.3, -0.25) is 4.98 Å². The van der Waals surface area contributed by atoms with Crippen LogP contribution < -0.4 is 0 Å². The number of imidazole rings is 1. The van der Waals surface area contributed by atoms with E-state index >= 15 is 0 Å². The van der Waals surface area contributed by atoms with Crippen molar-refractivity contribution in [3.8, 4) is 50.8 Å². The average Bonchev–Trinajstić information content (AvgIpc) is 4.03. The molecule has 7 aromatic carbocycles. The summed E-state index contributed by atoms with van der Waals surface area (Å²) in [4.78, 5) is 9.74. The van der Waals surface area contributed by atoms with Crippen molar-refractivity contribution in [2.45, 2.75) is 67.2 Å². The van der Waals surface area contributed by atoms with Gasteiger partial charge >= 0.3 is 0 Å². The molecule has 0 aliphatic heterocycles. The van der Waals surface area contributed by atoms with E-state index in [0.717, 1.165) is 94.6 Å². The molecule has 329 valence electrons. The summed E-state index contributed by atoms with van der Waals surface area (Å²) < 4.78 is 38.1. The summed E-state index contributed by atoms with van der Waals surface area (Å²) in [5, 5.41) is 2.89. The molecule has 11 rings (SSSR count). The molecule has 6 heteroatoms. The van der Waals surface area contributed by atoms with E-state index in [9.17, 15) is 0 Å². The molecule has 0 aliphatic carbocycles. The van der Waals surface area contributed by atoms with Crippen LogP contribution in [0.25, 0.3) is 94.7 Å². The summed E-state index contributed by atoms with van der Waals surface area (Å²) in [6.45, 7) is 13.1. The first-order valence-electron chi connectivity index (χ1n) is 23.8. The van der Waals surface area contributed by atoms with Crippen LogP contribution in [0, 0.1) is 39.8 Å². The Balaban J connectivity index is 0.000000184. The van der Waals surface area contributed by atoms with E-state index in [1.54, 1.807) is 12.1 Å². The molecule has 66 heavy (non-hydrogen) atoms. The number of rotatable bonds is 7. The Morgan fingerprint density at radius 1 is 0.636 bits per heavy atom. The van der Waals surface area contributed by atoms with Gasteiger partial charge in [0, 0.05) is 58.0 Å². The minimum absolute atomic E-state index is 0. The maximum atomic E-state index is 7.77. The zero-order chi connectivity index (χ0) is 47.4. The molecule has 0 N–H and O–H groups in total. The molecule has 0 atom stereocenters. The smallest absolute Gasteiger partial charge is 0.138 e. The number of fused-ring (bicyclic) bond motifs is 5. The molecule has 0 amide bonds. The van der Waals surface area contributed by atoms with Gasteiger partial charge < -0.3 is 18.4 Å². The first kappa shape index (κ1) is 40.6. The summed E-state index contributed by atoms with van der Waals surface area (Å²) >= 11 is 0. The zero-order valence-electron chi connectivity index (χ0n) is 41.1. The summed E-state index contributed by atoms with van der Waals surface area (Å²) in [5.41, 5.74) is 17.5. The standard InChI is InChI=1S/C35H26NO2.C25H25N2.Ir/c1-20-12-14-27-28-9-7-10-29(35(28)38-33(27)16-20)31-18-30(22(3)19-36-31)25-15-13-24(17-21(25)2)34-23(4)26-8-5-6-11-32(26)37-34;1-17(2)20-13-10-14-21(18(3)4)24(20)27-23-16-9-8-15-22(23)26-25(27)19-11-6-5-7-12-19;/h5-9,11-19H,1-4H3;5-11,13-18H,1-4H3;/q2*-1;/i1D3;;. The Morgan fingerprint density at radius 3 is 2.15 bits per heavy atom. The maximum absolute atomic E-state index is 7.77. The van der Waals surface area contributed by atoms with Crippen molar-refractivity contribution in [2.24, 2.45) is 0 Å². The predicted octanol–water partition coefficient (Wildman–Crippen LogP) is 16.5. The van der Waals surface area contributed by atoms with E-state index in [2.05, 4.69) is 144 Å². The van der Waals surface area contributed by atoms with Crippen LogP contribution in [-0.2, 0) is 20.1 Å². The van der Waals surface area contributed by atoms with Crippen LogP contribution >= 0.6 is 0 Å². The zero-order valence-corrected chi connectivity index (χ0v) is 40.5. The number of pyridine rings is 1. The van der Waals surface area contributed by atoms with Gasteiger partial charge in [0.1, 0.15) is 16.9 Å². The molecule has 0 unspecified atom stereocenters. The van der Waals surface area contributed by atoms with Crippen LogP contribution in [0.1, 0.15) is 77.0 Å². The molecule has 0 spiro atoms. The minimum Gasteiger partial charge on any atom is -0.501 e. The first-order chi connectivity index (χ1) is 32.8. The van der Waals surface area contributed by atoms with Gasteiger partial charge in [0.15, 0.2) is 0 Å². The van der Waals surface area contributed by atoms with Crippen molar-refractivity contribution in [3.63, 3.8) is 0 Å². The summed E-state index contributed by atoms with van der Waals surface area (Å²) in [6, 6.07) is 55.3. The van der Waals surface area contributed by atoms with Crippen LogP contribution in [0.15, 0.2) is 161 Å². The second-order valence-corrected chi connectivity index (χ2v) is 17.5. The summed E-state index contributed by atoms with van der Waals surface area (Å²) in [6.07, 6.45) is 1.88. The number of aryl methyl sites for hydroxylation is 4. The largest absolute Gasteiger partial charge is 0.501 e. The van der Waals surface area contributed by atoms with Gasteiger partial charge in [-0.2, -0.15) is 0 Å². The molecule has 0 saturated heterocycles. The second kappa shape index (κ2) is 18.2. The average molecular weight is 1040 g/mol. The van der Waals surface area contributed by atoms with Gasteiger partial charge in [0.05, 0.1) is 22.4 Å². The van der Waals surface area contributed by atoms with Crippen molar-refractivity contribution in [3.05, 3.63) is 197 Å². The quantitative estimate of drug-likeness (QED) is 0.149. The van der Waals surface area contributed by atoms with Crippen LogP contribution in [0.5, 0.6) is 0 Å². The fraction of sp³-hybridized carbons (Fsp3) is 0.167. The van der Waals surface area contributed by atoms with Crippen molar-refractivity contribution in [2.75, 3.05) is 0 Å². The van der Waals surface area contributed by atoms with Gasteiger partial charge in [-0.15, -0.1) is 54.1 Å². The van der Waals surface area contributed by atoms with Gasteiger partial charge in [-0.05, 0) is 114 Å². The molecule has 4 aromatic heterocycles. The third kappa shape index (κ3) is 7.99. The maximum Gasteiger partial charge on any atom is 0.138 e. The molecule has 11 aromatic rings. The van der Waals surface area contributed by atoms with E-state index in [-0.39, 0.29) is 25.7 Å². The third-order valence-corrected chi connectivity index (χ3v) is 12.5. The fourth-order valence-electron chi connectivity index (χ4n) is 9.17. The Morgan fingerprint density at radius 2 is 1.41 bits per heavy atom. The molecular formula is C60H51IrN3O2-2. The Kier molecular flexibility index (Phi) is 11.2. The second-order valence-electron chi connectivity index (χ2n) is 17.5. The van der Waals surface area contributed by atoms with Gasteiger partial charge in [-0.1, -0.05) is 118 Å².